The number of rotatable bonds is 1. The molecule has 2 atom stereocenters. The summed E-state index contributed by atoms with van der Waals surface area (Å²) >= 11 is 1.78. The summed E-state index contributed by atoms with van der Waals surface area (Å²) in [6.07, 6.45) is 4.06. The first kappa shape index (κ1) is 8.60. The number of thiazole rings is 1. The molecule has 0 amide bonds. The van der Waals surface area contributed by atoms with E-state index in [1.807, 2.05) is 0 Å². The second kappa shape index (κ2) is 2.89. The molecular formula is C11H13NOS. The maximum Gasteiger partial charge on any atom is 0.182 e. The molecule has 0 bridgehead atoms. The van der Waals surface area contributed by atoms with Crippen LogP contribution in [0.4, 0.5) is 0 Å². The van der Waals surface area contributed by atoms with E-state index in [4.69, 9.17) is 0 Å². The van der Waals surface area contributed by atoms with Gasteiger partial charge in [0.1, 0.15) is 5.69 Å². The van der Waals surface area contributed by atoms with Gasteiger partial charge in [0.25, 0.3) is 0 Å². The molecule has 0 saturated heterocycles. The van der Waals surface area contributed by atoms with Gasteiger partial charge in [0, 0.05) is 17.2 Å². The third kappa shape index (κ3) is 1.22. The topological polar surface area (TPSA) is 30.0 Å². The lowest BCUT2D eigenvalue weighted by atomic mass is 10.0. The van der Waals surface area contributed by atoms with Crippen LogP contribution in [0.15, 0.2) is 0 Å². The number of Topliss-reactive ketones (excluding diaryl/α,β-unsaturated/α-hetero) is 1. The minimum Gasteiger partial charge on any atom is -0.292 e. The van der Waals surface area contributed by atoms with Crippen molar-refractivity contribution >= 4 is 17.1 Å². The van der Waals surface area contributed by atoms with Gasteiger partial charge < -0.3 is 0 Å². The van der Waals surface area contributed by atoms with Gasteiger partial charge in [0.2, 0.25) is 0 Å². The van der Waals surface area contributed by atoms with E-state index in [9.17, 15) is 4.79 Å². The third-order valence-corrected chi connectivity index (χ3v) is 4.46. The van der Waals surface area contributed by atoms with Crippen molar-refractivity contribution in [1.29, 1.82) is 0 Å². The highest BCUT2D eigenvalue weighted by Gasteiger charge is 2.38. The van der Waals surface area contributed by atoms with E-state index in [1.54, 1.807) is 11.3 Å². The highest BCUT2D eigenvalue weighted by Crippen LogP contribution is 2.49. The largest absolute Gasteiger partial charge is 0.292 e. The number of fused-ring (bicyclic) bond motifs is 1. The molecule has 2 aliphatic carbocycles. The lowest BCUT2D eigenvalue weighted by Gasteiger charge is -2.06. The zero-order chi connectivity index (χ0) is 9.71. The minimum atomic E-state index is 0.266. The molecule has 2 unspecified atom stereocenters. The molecule has 2 aliphatic rings. The molecule has 2 nitrogen and oxygen atoms in total. The molecular weight excluding hydrogens is 194 g/mol. The Bertz CT molecular complexity index is 396. The third-order valence-electron chi connectivity index (χ3n) is 3.21. The van der Waals surface area contributed by atoms with Crippen molar-refractivity contribution in [2.75, 3.05) is 0 Å². The van der Waals surface area contributed by atoms with Gasteiger partial charge >= 0.3 is 0 Å². The fourth-order valence-corrected chi connectivity index (χ4v) is 3.48. The zero-order valence-electron chi connectivity index (χ0n) is 8.25. The monoisotopic (exact) mass is 207 g/mol. The van der Waals surface area contributed by atoms with E-state index < -0.39 is 0 Å². The van der Waals surface area contributed by atoms with Crippen LogP contribution in [0.5, 0.6) is 0 Å². The van der Waals surface area contributed by atoms with E-state index in [1.165, 1.54) is 16.3 Å². The summed E-state index contributed by atoms with van der Waals surface area (Å²) in [7, 11) is 0. The summed E-state index contributed by atoms with van der Waals surface area (Å²) < 4.78 is 0. The van der Waals surface area contributed by atoms with Crippen molar-refractivity contribution in [3.63, 3.8) is 0 Å². The first-order chi connectivity index (χ1) is 6.75. The Labute approximate surface area is 87.4 Å². The van der Waals surface area contributed by atoms with Crippen molar-refractivity contribution in [1.82, 2.24) is 4.98 Å². The summed E-state index contributed by atoms with van der Waals surface area (Å²) in [4.78, 5) is 17.3. The average Bonchev–Trinajstić information content (AvgIpc) is 2.75. The number of ketones is 1. The highest BCUT2D eigenvalue weighted by molar-refractivity contribution is 7.12. The number of nitrogens with zero attached hydrogens (tertiary/aromatic N) is 1. The van der Waals surface area contributed by atoms with Crippen LogP contribution in [0.1, 0.15) is 52.5 Å². The predicted molar refractivity (Wildman–Crippen MR) is 55.9 cm³/mol. The fourth-order valence-electron chi connectivity index (χ4n) is 2.11. The number of hydrogen-bond donors (Lipinski definition) is 0. The second-order valence-electron chi connectivity index (χ2n) is 4.42. The van der Waals surface area contributed by atoms with Crippen LogP contribution >= 0.6 is 11.3 Å². The van der Waals surface area contributed by atoms with Crippen molar-refractivity contribution in [2.24, 2.45) is 5.92 Å². The number of hydrogen-bond acceptors (Lipinski definition) is 3. The number of carbonyl (C=O) groups excluding carboxylic acids is 1. The van der Waals surface area contributed by atoms with E-state index in [-0.39, 0.29) is 5.78 Å². The Balaban J connectivity index is 1.98. The summed E-state index contributed by atoms with van der Waals surface area (Å²) in [6.45, 7) is 2.26. The van der Waals surface area contributed by atoms with Crippen molar-refractivity contribution < 1.29 is 4.79 Å². The highest BCUT2D eigenvalue weighted by atomic mass is 32.1. The summed E-state index contributed by atoms with van der Waals surface area (Å²) in [6, 6.07) is 0. The average molecular weight is 207 g/mol. The predicted octanol–water partition coefficient (Wildman–Crippen LogP) is 2.79. The molecule has 3 rings (SSSR count). The molecule has 1 fully saturated rings. The first-order valence-electron chi connectivity index (χ1n) is 5.28. The smallest absolute Gasteiger partial charge is 0.182 e. The van der Waals surface area contributed by atoms with Gasteiger partial charge in [-0.2, -0.15) is 0 Å². The molecule has 14 heavy (non-hydrogen) atoms. The van der Waals surface area contributed by atoms with Gasteiger partial charge in [0.05, 0.1) is 5.01 Å². The quantitative estimate of drug-likeness (QED) is 0.708. The lowest BCUT2D eigenvalue weighted by molar-refractivity contribution is 0.0968. The van der Waals surface area contributed by atoms with Crippen LogP contribution in [0.25, 0.3) is 0 Å². The number of aromatic nitrogens is 1. The lowest BCUT2D eigenvalue weighted by Crippen LogP contribution is -2.08. The number of aryl methyl sites for hydroxylation is 1. The van der Waals surface area contributed by atoms with E-state index in [0.717, 1.165) is 24.5 Å². The summed E-state index contributed by atoms with van der Waals surface area (Å²) in [5.74, 6) is 1.72. The Morgan fingerprint density at radius 3 is 2.86 bits per heavy atom. The SMILES string of the molecule is CC1CC1c1nc2c(s1)CCCC2=O. The molecule has 1 saturated carbocycles. The Kier molecular flexibility index (Phi) is 1.78. The van der Waals surface area contributed by atoms with Gasteiger partial charge in [-0.05, 0) is 25.2 Å². The van der Waals surface area contributed by atoms with Gasteiger partial charge in [0.15, 0.2) is 5.78 Å². The Morgan fingerprint density at radius 1 is 1.43 bits per heavy atom. The van der Waals surface area contributed by atoms with E-state index in [0.29, 0.717) is 12.3 Å². The normalized spacial score (nSPS) is 30.2. The molecule has 3 heteroatoms. The molecule has 0 radical (unpaired) electrons. The minimum absolute atomic E-state index is 0.266. The van der Waals surface area contributed by atoms with Crippen molar-refractivity contribution in [2.45, 2.75) is 38.5 Å². The molecule has 1 aromatic heterocycles. The maximum absolute atomic E-state index is 11.6. The Morgan fingerprint density at radius 2 is 2.21 bits per heavy atom. The van der Waals surface area contributed by atoms with Gasteiger partial charge in [-0.1, -0.05) is 6.92 Å². The standard InChI is InChI=1S/C11H13NOS/c1-6-5-7(6)11-12-10-8(13)3-2-4-9(10)14-11/h6-7H,2-5H2,1H3. The molecule has 0 aliphatic heterocycles. The molecule has 1 aromatic rings. The van der Waals surface area contributed by atoms with Crippen LogP contribution in [0, 0.1) is 5.92 Å². The molecule has 74 valence electrons. The van der Waals surface area contributed by atoms with Gasteiger partial charge in [-0.15, -0.1) is 11.3 Å². The molecule has 0 spiro atoms. The number of carbonyl (C=O) groups is 1. The van der Waals surface area contributed by atoms with Gasteiger partial charge in [-0.25, -0.2) is 4.98 Å². The van der Waals surface area contributed by atoms with E-state index in [2.05, 4.69) is 11.9 Å². The molecule has 0 N–H and O–H groups in total. The first-order valence-corrected chi connectivity index (χ1v) is 6.10. The van der Waals surface area contributed by atoms with E-state index >= 15 is 0 Å². The van der Waals surface area contributed by atoms with Crippen LogP contribution in [0.3, 0.4) is 0 Å². The maximum atomic E-state index is 11.6. The van der Waals surface area contributed by atoms with Crippen molar-refractivity contribution in [3.8, 4) is 0 Å². The van der Waals surface area contributed by atoms with Crippen LogP contribution < -0.4 is 0 Å². The zero-order valence-corrected chi connectivity index (χ0v) is 9.06. The van der Waals surface area contributed by atoms with Crippen molar-refractivity contribution in [3.05, 3.63) is 15.6 Å². The van der Waals surface area contributed by atoms with Gasteiger partial charge in [-0.3, -0.25) is 4.79 Å². The summed E-state index contributed by atoms with van der Waals surface area (Å²) in [5, 5.41) is 1.22. The Hall–Kier alpha value is -0.700. The molecule has 0 aromatic carbocycles. The van der Waals surface area contributed by atoms with Crippen LogP contribution in [-0.4, -0.2) is 10.8 Å². The second-order valence-corrected chi connectivity index (χ2v) is 5.54. The fraction of sp³-hybridized carbons (Fsp3) is 0.636. The van der Waals surface area contributed by atoms with Crippen LogP contribution in [-0.2, 0) is 6.42 Å². The summed E-state index contributed by atoms with van der Waals surface area (Å²) in [5.41, 5.74) is 0.801. The molecule has 1 heterocycles. The van der Waals surface area contributed by atoms with Crippen LogP contribution in [0.2, 0.25) is 0 Å².